The second-order valence-corrected chi connectivity index (χ2v) is 6.49. The van der Waals surface area contributed by atoms with E-state index in [1.807, 2.05) is 0 Å². The Bertz CT molecular complexity index is 262. The number of hydrogen-bond donors (Lipinski definition) is 1. The molecule has 4 nitrogen and oxygen atoms in total. The molecule has 0 aromatic heterocycles. The molecule has 2 unspecified atom stereocenters. The fraction of sp³-hybridized carbons (Fsp3) is 1.00. The van der Waals surface area contributed by atoms with Crippen LogP contribution in [0, 0.1) is 5.92 Å². The van der Waals surface area contributed by atoms with Crippen molar-refractivity contribution in [2.45, 2.75) is 38.1 Å². The van der Waals surface area contributed by atoms with Gasteiger partial charge in [-0.05, 0) is 71.2 Å². The summed E-state index contributed by atoms with van der Waals surface area (Å²) in [7, 11) is 4.08. The van der Waals surface area contributed by atoms with Gasteiger partial charge in [0.1, 0.15) is 0 Å². The number of hydrogen-bond acceptors (Lipinski definition) is 4. The van der Waals surface area contributed by atoms with E-state index in [0.29, 0.717) is 0 Å². The highest BCUT2D eigenvalue weighted by Crippen LogP contribution is 2.29. The highest BCUT2D eigenvalue weighted by Gasteiger charge is 2.33. The maximum absolute atomic E-state index is 5.03. The summed E-state index contributed by atoms with van der Waals surface area (Å²) in [4.78, 5) is 5.31. The van der Waals surface area contributed by atoms with Crippen LogP contribution >= 0.6 is 0 Å². The number of fused-ring (bicyclic) bond motifs is 1. The third-order valence-electron chi connectivity index (χ3n) is 4.99. The van der Waals surface area contributed by atoms with Gasteiger partial charge in [0.05, 0.1) is 6.61 Å². The minimum Gasteiger partial charge on any atom is -0.383 e. The predicted octanol–water partition coefficient (Wildman–Crippen LogP) is 1.42. The van der Waals surface area contributed by atoms with Gasteiger partial charge >= 0.3 is 0 Å². The molecule has 0 aromatic rings. The van der Waals surface area contributed by atoms with Gasteiger partial charge < -0.3 is 19.9 Å². The predicted molar refractivity (Wildman–Crippen MR) is 84.2 cm³/mol. The molecule has 20 heavy (non-hydrogen) atoms. The van der Waals surface area contributed by atoms with Crippen LogP contribution in [0.5, 0.6) is 0 Å². The minimum atomic E-state index is 0.822. The van der Waals surface area contributed by atoms with E-state index >= 15 is 0 Å². The maximum Gasteiger partial charge on any atom is 0.0587 e. The smallest absolute Gasteiger partial charge is 0.0587 e. The molecule has 2 aliphatic heterocycles. The number of piperidine rings is 2. The second-order valence-electron chi connectivity index (χ2n) is 6.49. The first kappa shape index (κ1) is 16.2. The van der Waals surface area contributed by atoms with Crippen LogP contribution in [-0.4, -0.2) is 75.9 Å². The molecule has 4 heteroatoms. The van der Waals surface area contributed by atoms with E-state index < -0.39 is 0 Å². The van der Waals surface area contributed by atoms with E-state index in [4.69, 9.17) is 4.74 Å². The van der Waals surface area contributed by atoms with Crippen molar-refractivity contribution in [3.63, 3.8) is 0 Å². The number of rotatable bonds is 8. The van der Waals surface area contributed by atoms with Crippen molar-refractivity contribution in [2.75, 3.05) is 60.0 Å². The normalized spacial score (nSPS) is 28.5. The summed E-state index contributed by atoms with van der Waals surface area (Å²) in [5, 5.41) is 3.42. The molecule has 0 amide bonds. The van der Waals surface area contributed by atoms with Crippen LogP contribution in [0.3, 0.4) is 0 Å². The standard InChI is InChI=1S/C16H33N3O/c1-18-10-5-6-15-14-19(12-7-16(15)18)11-4-3-8-17-9-13-20-2/h15-17H,3-14H2,1-2H3. The van der Waals surface area contributed by atoms with Gasteiger partial charge in [0.2, 0.25) is 0 Å². The molecule has 2 saturated heterocycles. The molecule has 0 saturated carbocycles. The monoisotopic (exact) mass is 283 g/mol. The van der Waals surface area contributed by atoms with Gasteiger partial charge in [0, 0.05) is 26.2 Å². The molecule has 0 bridgehead atoms. The highest BCUT2D eigenvalue weighted by molar-refractivity contribution is 4.89. The van der Waals surface area contributed by atoms with Crippen molar-refractivity contribution in [3.8, 4) is 0 Å². The van der Waals surface area contributed by atoms with Crippen molar-refractivity contribution < 1.29 is 4.74 Å². The van der Waals surface area contributed by atoms with Gasteiger partial charge in [-0.25, -0.2) is 0 Å². The van der Waals surface area contributed by atoms with E-state index in [2.05, 4.69) is 22.2 Å². The Hall–Kier alpha value is -0.160. The molecule has 2 fully saturated rings. The number of methoxy groups -OCH3 is 1. The van der Waals surface area contributed by atoms with E-state index in [1.54, 1.807) is 7.11 Å². The Morgan fingerprint density at radius 3 is 2.90 bits per heavy atom. The summed E-state index contributed by atoms with van der Waals surface area (Å²) in [6.07, 6.45) is 6.84. The molecule has 1 N–H and O–H groups in total. The van der Waals surface area contributed by atoms with Crippen molar-refractivity contribution in [2.24, 2.45) is 5.92 Å². The quantitative estimate of drug-likeness (QED) is 0.682. The molecular formula is C16H33N3O. The molecule has 0 aromatic carbocycles. The zero-order chi connectivity index (χ0) is 14.2. The first-order valence-corrected chi connectivity index (χ1v) is 8.43. The van der Waals surface area contributed by atoms with Crippen LogP contribution in [0.1, 0.15) is 32.1 Å². The maximum atomic E-state index is 5.03. The first-order chi connectivity index (χ1) is 9.81. The fourth-order valence-electron chi connectivity index (χ4n) is 3.82. The van der Waals surface area contributed by atoms with Gasteiger partial charge in [-0.1, -0.05) is 0 Å². The number of likely N-dealkylation sites (tertiary alicyclic amines) is 2. The number of nitrogens with one attached hydrogen (secondary N) is 1. The Labute approximate surface area is 124 Å². The third kappa shape index (κ3) is 4.99. The van der Waals surface area contributed by atoms with E-state index in [9.17, 15) is 0 Å². The van der Waals surface area contributed by atoms with Crippen molar-refractivity contribution >= 4 is 0 Å². The van der Waals surface area contributed by atoms with Crippen molar-refractivity contribution in [1.29, 1.82) is 0 Å². The lowest BCUT2D eigenvalue weighted by Crippen LogP contribution is -2.52. The molecule has 2 aliphatic rings. The Morgan fingerprint density at radius 1 is 1.15 bits per heavy atom. The lowest BCUT2D eigenvalue weighted by Gasteiger charge is -2.46. The van der Waals surface area contributed by atoms with Gasteiger partial charge in [-0.15, -0.1) is 0 Å². The number of unbranched alkanes of at least 4 members (excludes halogenated alkanes) is 1. The Kier molecular flexibility index (Phi) is 7.28. The van der Waals surface area contributed by atoms with Crippen LogP contribution in [-0.2, 0) is 4.74 Å². The molecule has 0 radical (unpaired) electrons. The SMILES string of the molecule is COCCNCCCCN1CCC2C(CCCN2C)C1. The van der Waals surface area contributed by atoms with Gasteiger partial charge in [0.15, 0.2) is 0 Å². The minimum absolute atomic E-state index is 0.822. The Balaban J connectivity index is 1.54. The zero-order valence-electron chi connectivity index (χ0n) is 13.4. The summed E-state index contributed by atoms with van der Waals surface area (Å²) in [5.74, 6) is 0.933. The molecule has 2 atom stereocenters. The third-order valence-corrected chi connectivity index (χ3v) is 4.99. The molecule has 0 spiro atoms. The van der Waals surface area contributed by atoms with Crippen LogP contribution in [0.15, 0.2) is 0 Å². The van der Waals surface area contributed by atoms with Gasteiger partial charge in [-0.3, -0.25) is 0 Å². The van der Waals surface area contributed by atoms with Crippen LogP contribution < -0.4 is 5.32 Å². The molecule has 2 rings (SSSR count). The molecule has 118 valence electrons. The zero-order valence-corrected chi connectivity index (χ0v) is 13.4. The van der Waals surface area contributed by atoms with E-state index in [1.165, 1.54) is 58.3 Å². The van der Waals surface area contributed by atoms with E-state index in [0.717, 1.165) is 31.7 Å². The second kappa shape index (κ2) is 8.98. The largest absolute Gasteiger partial charge is 0.383 e. The van der Waals surface area contributed by atoms with Crippen LogP contribution in [0.25, 0.3) is 0 Å². The Morgan fingerprint density at radius 2 is 2.05 bits per heavy atom. The topological polar surface area (TPSA) is 27.7 Å². The van der Waals surface area contributed by atoms with Gasteiger partial charge in [0.25, 0.3) is 0 Å². The summed E-state index contributed by atoms with van der Waals surface area (Å²) in [6.45, 7) is 8.19. The molecular weight excluding hydrogens is 250 g/mol. The lowest BCUT2D eigenvalue weighted by atomic mass is 9.84. The summed E-state index contributed by atoms with van der Waals surface area (Å²) < 4.78 is 5.03. The van der Waals surface area contributed by atoms with Crippen LogP contribution in [0.4, 0.5) is 0 Å². The average Bonchev–Trinajstić information content (AvgIpc) is 2.46. The highest BCUT2D eigenvalue weighted by atomic mass is 16.5. The van der Waals surface area contributed by atoms with Crippen molar-refractivity contribution in [1.82, 2.24) is 15.1 Å². The first-order valence-electron chi connectivity index (χ1n) is 8.43. The van der Waals surface area contributed by atoms with E-state index in [-0.39, 0.29) is 0 Å². The fourth-order valence-corrected chi connectivity index (χ4v) is 3.82. The number of nitrogens with zero attached hydrogens (tertiary/aromatic N) is 2. The van der Waals surface area contributed by atoms with Crippen molar-refractivity contribution in [3.05, 3.63) is 0 Å². The number of ether oxygens (including phenoxy) is 1. The molecule has 2 heterocycles. The van der Waals surface area contributed by atoms with Crippen LogP contribution in [0.2, 0.25) is 0 Å². The summed E-state index contributed by atoms with van der Waals surface area (Å²) >= 11 is 0. The molecule has 0 aliphatic carbocycles. The lowest BCUT2D eigenvalue weighted by molar-refractivity contribution is 0.0381. The average molecular weight is 283 g/mol. The summed E-state index contributed by atoms with van der Waals surface area (Å²) in [5.41, 5.74) is 0. The summed E-state index contributed by atoms with van der Waals surface area (Å²) in [6, 6.07) is 0.871. The van der Waals surface area contributed by atoms with Gasteiger partial charge in [-0.2, -0.15) is 0 Å².